The van der Waals surface area contributed by atoms with Crippen LogP contribution in [-0.4, -0.2) is 42.1 Å². The number of aromatic nitrogens is 2. The molecule has 7 nitrogen and oxygen atoms in total. The lowest BCUT2D eigenvalue weighted by atomic mass is 10.2. The zero-order valence-corrected chi connectivity index (χ0v) is 15.0. The standard InChI is InChI=1S/C16H21N3O4S/c1-5-6-17-14(20)10(2)24-16-19-18-15(23-16)11-7-12(21-3)9-13(8-11)22-4/h7-10H,5-6H2,1-4H3,(H,17,20)/t10-/m0/s1. The Bertz CT molecular complexity index is 667. The van der Waals surface area contributed by atoms with Crippen LogP contribution in [0.4, 0.5) is 0 Å². The second kappa shape index (κ2) is 8.58. The fraction of sp³-hybridized carbons (Fsp3) is 0.438. The number of amides is 1. The van der Waals surface area contributed by atoms with Gasteiger partial charge in [-0.2, -0.15) is 0 Å². The Hall–Kier alpha value is -2.22. The van der Waals surface area contributed by atoms with Gasteiger partial charge >= 0.3 is 0 Å². The molecule has 1 aromatic carbocycles. The number of benzene rings is 1. The molecule has 0 unspecified atom stereocenters. The summed E-state index contributed by atoms with van der Waals surface area (Å²) in [7, 11) is 3.15. The number of methoxy groups -OCH3 is 2. The van der Waals surface area contributed by atoms with Gasteiger partial charge in [-0.15, -0.1) is 10.2 Å². The summed E-state index contributed by atoms with van der Waals surface area (Å²) >= 11 is 1.22. The second-order valence-corrected chi connectivity index (χ2v) is 6.32. The molecule has 0 saturated heterocycles. The predicted octanol–water partition coefficient (Wildman–Crippen LogP) is 2.76. The maximum absolute atomic E-state index is 11.9. The molecule has 0 aliphatic rings. The molecule has 0 aliphatic heterocycles. The molecule has 8 heteroatoms. The predicted molar refractivity (Wildman–Crippen MR) is 91.5 cm³/mol. The molecular formula is C16H21N3O4S. The van der Waals surface area contributed by atoms with E-state index >= 15 is 0 Å². The molecule has 130 valence electrons. The van der Waals surface area contributed by atoms with Gasteiger partial charge in [0.05, 0.1) is 19.5 Å². The van der Waals surface area contributed by atoms with Crippen molar-refractivity contribution >= 4 is 17.7 Å². The van der Waals surface area contributed by atoms with Gasteiger partial charge in [0.2, 0.25) is 11.8 Å². The highest BCUT2D eigenvalue weighted by Gasteiger charge is 2.18. The highest BCUT2D eigenvalue weighted by atomic mass is 32.2. The van der Waals surface area contributed by atoms with Crippen molar-refractivity contribution in [2.75, 3.05) is 20.8 Å². The minimum atomic E-state index is -0.315. The van der Waals surface area contributed by atoms with Gasteiger partial charge in [0, 0.05) is 18.2 Å². The quantitative estimate of drug-likeness (QED) is 0.732. The summed E-state index contributed by atoms with van der Waals surface area (Å²) in [4.78, 5) is 11.9. The second-order valence-electron chi connectivity index (χ2n) is 5.03. The summed E-state index contributed by atoms with van der Waals surface area (Å²) in [5.41, 5.74) is 0.689. The molecule has 0 spiro atoms. The Labute approximate surface area is 145 Å². The summed E-state index contributed by atoms with van der Waals surface area (Å²) in [5, 5.41) is 10.9. The van der Waals surface area contributed by atoms with E-state index in [1.54, 1.807) is 39.3 Å². The number of nitrogens with one attached hydrogen (secondary N) is 1. The maximum Gasteiger partial charge on any atom is 0.277 e. The number of carbonyl (C=O) groups excluding carboxylic acids is 1. The molecule has 1 atom stereocenters. The molecule has 2 aromatic rings. The summed E-state index contributed by atoms with van der Waals surface area (Å²) in [5.74, 6) is 1.55. The Balaban J connectivity index is 2.11. The van der Waals surface area contributed by atoms with Crippen LogP contribution in [0.15, 0.2) is 27.8 Å². The summed E-state index contributed by atoms with van der Waals surface area (Å²) in [6.45, 7) is 4.46. The first-order valence-corrected chi connectivity index (χ1v) is 8.46. The SMILES string of the molecule is CCCNC(=O)[C@H](C)Sc1nnc(-c2cc(OC)cc(OC)c2)o1. The lowest BCUT2D eigenvalue weighted by molar-refractivity contribution is -0.120. The Kier molecular flexibility index (Phi) is 6.48. The number of nitrogens with zero attached hydrogens (tertiary/aromatic N) is 2. The number of thioether (sulfide) groups is 1. The molecule has 0 aliphatic carbocycles. The van der Waals surface area contributed by atoms with Crippen LogP contribution < -0.4 is 14.8 Å². The highest BCUT2D eigenvalue weighted by Crippen LogP contribution is 2.31. The molecule has 1 N–H and O–H groups in total. The molecule has 0 radical (unpaired) electrons. The first kappa shape index (κ1) is 18.1. The number of hydrogen-bond donors (Lipinski definition) is 1. The third-order valence-electron chi connectivity index (χ3n) is 3.20. The first-order valence-electron chi connectivity index (χ1n) is 7.58. The molecule has 2 rings (SSSR count). The fourth-order valence-corrected chi connectivity index (χ4v) is 2.61. The van der Waals surface area contributed by atoms with E-state index in [0.29, 0.717) is 34.7 Å². The molecule has 24 heavy (non-hydrogen) atoms. The molecule has 1 aromatic heterocycles. The third-order valence-corrected chi connectivity index (χ3v) is 4.14. The van der Waals surface area contributed by atoms with Crippen LogP contribution >= 0.6 is 11.8 Å². The monoisotopic (exact) mass is 351 g/mol. The third kappa shape index (κ3) is 4.64. The maximum atomic E-state index is 11.9. The van der Waals surface area contributed by atoms with Crippen LogP contribution in [0.3, 0.4) is 0 Å². The zero-order chi connectivity index (χ0) is 17.5. The van der Waals surface area contributed by atoms with Gasteiger partial charge in [0.25, 0.3) is 5.22 Å². The van der Waals surface area contributed by atoms with E-state index in [2.05, 4.69) is 15.5 Å². The Morgan fingerprint density at radius 2 is 1.92 bits per heavy atom. The van der Waals surface area contributed by atoms with Crippen LogP contribution in [0.5, 0.6) is 11.5 Å². The van der Waals surface area contributed by atoms with Crippen molar-refractivity contribution in [2.24, 2.45) is 0 Å². The van der Waals surface area contributed by atoms with Gasteiger partial charge in [0.1, 0.15) is 11.5 Å². The molecule has 0 bridgehead atoms. The van der Waals surface area contributed by atoms with Crippen molar-refractivity contribution in [1.29, 1.82) is 0 Å². The topological polar surface area (TPSA) is 86.5 Å². The number of rotatable bonds is 8. The van der Waals surface area contributed by atoms with Gasteiger partial charge in [-0.25, -0.2) is 0 Å². The lowest BCUT2D eigenvalue weighted by Crippen LogP contribution is -2.31. The average molecular weight is 351 g/mol. The van der Waals surface area contributed by atoms with Gasteiger partial charge in [0.15, 0.2) is 0 Å². The van der Waals surface area contributed by atoms with E-state index in [0.717, 1.165) is 6.42 Å². The lowest BCUT2D eigenvalue weighted by Gasteiger charge is -2.08. The summed E-state index contributed by atoms with van der Waals surface area (Å²) in [6.07, 6.45) is 0.894. The Morgan fingerprint density at radius 1 is 1.25 bits per heavy atom. The van der Waals surface area contributed by atoms with Gasteiger partial charge in [-0.3, -0.25) is 4.79 Å². The minimum Gasteiger partial charge on any atom is -0.497 e. The normalized spacial score (nSPS) is 11.8. The number of hydrogen-bond acceptors (Lipinski definition) is 7. The largest absolute Gasteiger partial charge is 0.497 e. The van der Waals surface area contributed by atoms with E-state index in [1.165, 1.54) is 11.8 Å². The minimum absolute atomic E-state index is 0.0513. The fourth-order valence-electron chi connectivity index (χ4n) is 1.90. The van der Waals surface area contributed by atoms with E-state index in [4.69, 9.17) is 13.9 Å². The zero-order valence-electron chi connectivity index (χ0n) is 14.2. The van der Waals surface area contributed by atoms with Crippen LogP contribution in [0.2, 0.25) is 0 Å². The molecule has 1 amide bonds. The molecule has 0 saturated carbocycles. The van der Waals surface area contributed by atoms with Crippen molar-refractivity contribution < 1.29 is 18.7 Å². The van der Waals surface area contributed by atoms with Crippen molar-refractivity contribution in [3.05, 3.63) is 18.2 Å². The first-order chi connectivity index (χ1) is 11.6. The summed E-state index contributed by atoms with van der Waals surface area (Å²) in [6, 6.07) is 5.32. The van der Waals surface area contributed by atoms with Crippen molar-refractivity contribution in [3.63, 3.8) is 0 Å². The van der Waals surface area contributed by atoms with Crippen LogP contribution in [0.25, 0.3) is 11.5 Å². The number of carbonyl (C=O) groups is 1. The molecule has 0 fully saturated rings. The molecule has 1 heterocycles. The van der Waals surface area contributed by atoms with E-state index in [9.17, 15) is 4.79 Å². The Morgan fingerprint density at radius 3 is 2.50 bits per heavy atom. The smallest absolute Gasteiger partial charge is 0.277 e. The van der Waals surface area contributed by atoms with Crippen LogP contribution in [0, 0.1) is 0 Å². The summed E-state index contributed by atoms with van der Waals surface area (Å²) < 4.78 is 16.1. The number of ether oxygens (including phenoxy) is 2. The van der Waals surface area contributed by atoms with Gasteiger partial charge in [-0.05, 0) is 25.5 Å². The van der Waals surface area contributed by atoms with Crippen molar-refractivity contribution in [1.82, 2.24) is 15.5 Å². The highest BCUT2D eigenvalue weighted by molar-refractivity contribution is 8.00. The van der Waals surface area contributed by atoms with Crippen molar-refractivity contribution in [2.45, 2.75) is 30.7 Å². The van der Waals surface area contributed by atoms with E-state index < -0.39 is 0 Å². The van der Waals surface area contributed by atoms with E-state index in [1.807, 2.05) is 6.92 Å². The van der Waals surface area contributed by atoms with E-state index in [-0.39, 0.29) is 11.2 Å². The average Bonchev–Trinajstić information content (AvgIpc) is 3.07. The van der Waals surface area contributed by atoms with Crippen LogP contribution in [-0.2, 0) is 4.79 Å². The van der Waals surface area contributed by atoms with Crippen molar-refractivity contribution in [3.8, 4) is 23.0 Å². The van der Waals surface area contributed by atoms with Crippen LogP contribution in [0.1, 0.15) is 20.3 Å². The van der Waals surface area contributed by atoms with Gasteiger partial charge < -0.3 is 19.2 Å². The van der Waals surface area contributed by atoms with Gasteiger partial charge in [-0.1, -0.05) is 18.7 Å². The molecular weight excluding hydrogens is 330 g/mol.